The van der Waals surface area contributed by atoms with E-state index in [9.17, 15) is 8.78 Å². The van der Waals surface area contributed by atoms with Gasteiger partial charge in [-0.3, -0.25) is 0 Å². The molecule has 0 aromatic carbocycles. The van der Waals surface area contributed by atoms with Crippen molar-refractivity contribution < 1.29 is 13.5 Å². The molecule has 3 nitrogen and oxygen atoms in total. The summed E-state index contributed by atoms with van der Waals surface area (Å²) in [5.41, 5.74) is 1.66. The van der Waals surface area contributed by atoms with Crippen LogP contribution in [-0.2, 0) is 0 Å². The lowest BCUT2D eigenvalue weighted by atomic mass is 9.96. The van der Waals surface area contributed by atoms with Gasteiger partial charge >= 0.3 is 6.61 Å². The molecule has 1 saturated carbocycles. The molecule has 0 saturated heterocycles. The summed E-state index contributed by atoms with van der Waals surface area (Å²) < 4.78 is 29.2. The topological polar surface area (TPSA) is 35.0 Å². The van der Waals surface area contributed by atoms with Gasteiger partial charge in [-0.25, -0.2) is 9.97 Å². The molecule has 2 rings (SSSR count). The number of aromatic nitrogens is 2. The van der Waals surface area contributed by atoms with Crippen molar-refractivity contribution in [2.75, 3.05) is 0 Å². The summed E-state index contributed by atoms with van der Waals surface area (Å²) in [6.07, 6.45) is 4.33. The van der Waals surface area contributed by atoms with Crippen LogP contribution >= 0.6 is 0 Å². The second-order valence-corrected chi connectivity index (χ2v) is 4.44. The smallest absolute Gasteiger partial charge is 0.388 e. The van der Waals surface area contributed by atoms with Gasteiger partial charge in [0, 0.05) is 11.5 Å². The molecule has 0 unspecified atom stereocenters. The Morgan fingerprint density at radius 1 is 1.41 bits per heavy atom. The Balaban J connectivity index is 2.38. The minimum absolute atomic E-state index is 0.0475. The highest BCUT2D eigenvalue weighted by Gasteiger charge is 2.31. The van der Waals surface area contributed by atoms with Gasteiger partial charge in [-0.1, -0.05) is 13.8 Å². The van der Waals surface area contributed by atoms with Crippen molar-refractivity contribution in [2.45, 2.75) is 51.6 Å². The maximum atomic E-state index is 12.3. The zero-order valence-corrected chi connectivity index (χ0v) is 9.99. The monoisotopic (exact) mass is 242 g/mol. The molecule has 0 radical (unpaired) electrons. The van der Waals surface area contributed by atoms with Crippen LogP contribution < -0.4 is 4.74 Å². The van der Waals surface area contributed by atoms with Crippen LogP contribution in [0.25, 0.3) is 0 Å². The van der Waals surface area contributed by atoms with Crippen molar-refractivity contribution in [3.8, 4) is 5.88 Å². The fourth-order valence-electron chi connectivity index (χ4n) is 1.92. The molecule has 94 valence electrons. The van der Waals surface area contributed by atoms with Crippen LogP contribution in [-0.4, -0.2) is 16.6 Å². The summed E-state index contributed by atoms with van der Waals surface area (Å²) in [6.45, 7) is 1.17. The van der Waals surface area contributed by atoms with E-state index < -0.39 is 6.61 Å². The first-order valence-electron chi connectivity index (χ1n) is 5.93. The number of halogens is 2. The highest BCUT2D eigenvalue weighted by Crippen LogP contribution is 2.44. The standard InChI is InChI=1S/C12H16F2N2O/c1-3-7(2)9-10(8-4-5-8)15-6-16-11(9)17-12(13)14/h6-8,12H,3-5H2,1-2H3/t7-/m1/s1. The summed E-state index contributed by atoms with van der Waals surface area (Å²) in [4.78, 5) is 8.09. The lowest BCUT2D eigenvalue weighted by molar-refractivity contribution is -0.0538. The highest BCUT2D eigenvalue weighted by atomic mass is 19.3. The van der Waals surface area contributed by atoms with Gasteiger partial charge in [-0.2, -0.15) is 8.78 Å². The highest BCUT2D eigenvalue weighted by molar-refractivity contribution is 5.37. The van der Waals surface area contributed by atoms with E-state index in [0.717, 1.165) is 30.5 Å². The molecular weight excluding hydrogens is 226 g/mol. The fraction of sp³-hybridized carbons (Fsp3) is 0.667. The fourth-order valence-corrected chi connectivity index (χ4v) is 1.92. The Morgan fingerprint density at radius 2 is 2.12 bits per heavy atom. The van der Waals surface area contributed by atoms with Crippen molar-refractivity contribution in [1.82, 2.24) is 9.97 Å². The van der Waals surface area contributed by atoms with Crippen LogP contribution in [0.4, 0.5) is 8.78 Å². The third-order valence-electron chi connectivity index (χ3n) is 3.15. The van der Waals surface area contributed by atoms with Gasteiger partial charge in [0.15, 0.2) is 0 Å². The van der Waals surface area contributed by atoms with E-state index in [1.165, 1.54) is 6.33 Å². The lowest BCUT2D eigenvalue weighted by Crippen LogP contribution is -2.11. The second-order valence-electron chi connectivity index (χ2n) is 4.44. The van der Waals surface area contributed by atoms with Gasteiger partial charge < -0.3 is 4.74 Å². The quantitative estimate of drug-likeness (QED) is 0.793. The van der Waals surface area contributed by atoms with Crippen LogP contribution in [0.15, 0.2) is 6.33 Å². The summed E-state index contributed by atoms with van der Waals surface area (Å²) >= 11 is 0. The first-order valence-corrected chi connectivity index (χ1v) is 5.93. The molecule has 1 aromatic heterocycles. The minimum Gasteiger partial charge on any atom is -0.416 e. The third-order valence-corrected chi connectivity index (χ3v) is 3.15. The molecule has 1 heterocycles. The first kappa shape index (κ1) is 12.2. The Kier molecular flexibility index (Phi) is 3.54. The largest absolute Gasteiger partial charge is 0.416 e. The molecule has 1 fully saturated rings. The van der Waals surface area contributed by atoms with E-state index in [1.54, 1.807) is 0 Å². The molecule has 0 spiro atoms. The van der Waals surface area contributed by atoms with Crippen molar-refractivity contribution in [3.05, 3.63) is 17.6 Å². The summed E-state index contributed by atoms with van der Waals surface area (Å²) in [5, 5.41) is 0. The molecule has 0 N–H and O–H groups in total. The molecule has 1 atom stereocenters. The van der Waals surface area contributed by atoms with E-state index >= 15 is 0 Å². The van der Waals surface area contributed by atoms with Crippen LogP contribution in [0.5, 0.6) is 5.88 Å². The summed E-state index contributed by atoms with van der Waals surface area (Å²) in [6, 6.07) is 0. The van der Waals surface area contributed by atoms with Crippen molar-refractivity contribution in [3.63, 3.8) is 0 Å². The second kappa shape index (κ2) is 4.94. The molecule has 17 heavy (non-hydrogen) atoms. The number of alkyl halides is 2. The van der Waals surface area contributed by atoms with Crippen LogP contribution in [0, 0.1) is 0 Å². The van der Waals surface area contributed by atoms with Crippen molar-refractivity contribution in [1.29, 1.82) is 0 Å². The normalized spacial score (nSPS) is 17.2. The number of nitrogens with zero attached hydrogens (tertiary/aromatic N) is 2. The number of hydrogen-bond donors (Lipinski definition) is 0. The Bertz CT molecular complexity index is 394. The first-order chi connectivity index (χ1) is 8.13. The Hall–Kier alpha value is -1.26. The molecule has 5 heteroatoms. The molecule has 1 aromatic rings. The van der Waals surface area contributed by atoms with Crippen LogP contribution in [0.2, 0.25) is 0 Å². The van der Waals surface area contributed by atoms with E-state index in [0.29, 0.717) is 5.92 Å². The van der Waals surface area contributed by atoms with Gasteiger partial charge in [0.05, 0.1) is 5.69 Å². The summed E-state index contributed by atoms with van der Waals surface area (Å²) in [7, 11) is 0. The average Bonchev–Trinajstić information content (AvgIpc) is 3.11. The van der Waals surface area contributed by atoms with Crippen LogP contribution in [0.3, 0.4) is 0 Å². The predicted octanol–water partition coefficient (Wildman–Crippen LogP) is 3.47. The third kappa shape index (κ3) is 2.70. The van der Waals surface area contributed by atoms with Gasteiger partial charge in [0.1, 0.15) is 6.33 Å². The van der Waals surface area contributed by atoms with E-state index in [4.69, 9.17) is 0 Å². The molecule has 0 bridgehead atoms. The lowest BCUT2D eigenvalue weighted by Gasteiger charge is -2.17. The molecule has 1 aliphatic rings. The zero-order valence-electron chi connectivity index (χ0n) is 9.99. The maximum Gasteiger partial charge on any atom is 0.388 e. The average molecular weight is 242 g/mol. The van der Waals surface area contributed by atoms with Gasteiger partial charge in [0.25, 0.3) is 0 Å². The van der Waals surface area contributed by atoms with E-state index in [1.807, 2.05) is 13.8 Å². The zero-order chi connectivity index (χ0) is 12.4. The van der Waals surface area contributed by atoms with Gasteiger partial charge in [0.2, 0.25) is 5.88 Å². The predicted molar refractivity (Wildman–Crippen MR) is 59.3 cm³/mol. The maximum absolute atomic E-state index is 12.3. The SMILES string of the molecule is CC[C@@H](C)c1c(OC(F)F)ncnc1C1CC1. The number of hydrogen-bond acceptors (Lipinski definition) is 3. The molecule has 1 aliphatic carbocycles. The van der Waals surface area contributed by atoms with E-state index in [2.05, 4.69) is 14.7 Å². The summed E-state index contributed by atoms with van der Waals surface area (Å²) in [5.74, 6) is 0.592. The Labute approximate surface area is 99.2 Å². The minimum atomic E-state index is -2.83. The van der Waals surface area contributed by atoms with Gasteiger partial charge in [-0.05, 0) is 25.2 Å². The van der Waals surface area contributed by atoms with Crippen molar-refractivity contribution >= 4 is 0 Å². The number of rotatable bonds is 5. The van der Waals surface area contributed by atoms with Gasteiger partial charge in [-0.15, -0.1) is 0 Å². The molecule has 0 amide bonds. The van der Waals surface area contributed by atoms with Crippen molar-refractivity contribution in [2.24, 2.45) is 0 Å². The Morgan fingerprint density at radius 3 is 2.65 bits per heavy atom. The van der Waals surface area contributed by atoms with Crippen LogP contribution in [0.1, 0.15) is 56.2 Å². The molecular formula is C12H16F2N2O. The number of ether oxygens (including phenoxy) is 1. The van der Waals surface area contributed by atoms with E-state index in [-0.39, 0.29) is 11.8 Å². The molecule has 0 aliphatic heterocycles.